The normalized spacial score (nSPS) is 10.7. The Balaban J connectivity index is 2.84. The van der Waals surface area contributed by atoms with Crippen molar-refractivity contribution in [2.75, 3.05) is 13.2 Å². The predicted octanol–water partition coefficient (Wildman–Crippen LogP) is 2.52. The molecule has 1 N–H and O–H groups in total. The summed E-state index contributed by atoms with van der Waals surface area (Å²) in [5.41, 5.74) is -0.137. The van der Waals surface area contributed by atoms with Gasteiger partial charge in [0.05, 0.1) is 24.1 Å². The minimum atomic E-state index is -1.24. The molecule has 1 aromatic heterocycles. The van der Waals surface area contributed by atoms with Gasteiger partial charge in [0.25, 0.3) is 0 Å². The van der Waals surface area contributed by atoms with Crippen molar-refractivity contribution in [3.8, 4) is 11.5 Å². The molecule has 6 heteroatoms. The maximum Gasteiger partial charge on any atom is 0.341 e. The molecule has 0 spiro atoms. The van der Waals surface area contributed by atoms with Crippen LogP contribution >= 0.6 is 0 Å². The van der Waals surface area contributed by atoms with Crippen LogP contribution in [0.2, 0.25) is 0 Å². The zero-order chi connectivity index (χ0) is 16.3. The van der Waals surface area contributed by atoms with Crippen LogP contribution in [0.4, 0.5) is 0 Å². The molecule has 0 aliphatic heterocycles. The lowest BCUT2D eigenvalue weighted by atomic mass is 10.1. The van der Waals surface area contributed by atoms with E-state index in [1.165, 1.54) is 6.20 Å². The fraction of sp³-hybridized carbons (Fsp3) is 0.375. The summed E-state index contributed by atoms with van der Waals surface area (Å²) in [7, 11) is 0. The number of carbonyl (C=O) groups is 1. The minimum absolute atomic E-state index is 0.249. The lowest BCUT2D eigenvalue weighted by Crippen LogP contribution is -2.19. The lowest BCUT2D eigenvalue weighted by molar-refractivity contribution is 0.0695. The molecule has 0 bridgehead atoms. The van der Waals surface area contributed by atoms with Crippen molar-refractivity contribution in [3.63, 3.8) is 0 Å². The second kappa shape index (κ2) is 6.51. The van der Waals surface area contributed by atoms with E-state index in [0.29, 0.717) is 42.2 Å². The van der Waals surface area contributed by atoms with Crippen molar-refractivity contribution in [1.82, 2.24) is 4.57 Å². The number of rotatable bonds is 6. The molecule has 0 amide bonds. The van der Waals surface area contributed by atoms with Crippen molar-refractivity contribution < 1.29 is 19.4 Å². The Morgan fingerprint density at radius 3 is 2.23 bits per heavy atom. The third-order valence-electron chi connectivity index (χ3n) is 3.32. The van der Waals surface area contributed by atoms with Gasteiger partial charge in [-0.25, -0.2) is 4.79 Å². The van der Waals surface area contributed by atoms with Gasteiger partial charge >= 0.3 is 5.97 Å². The van der Waals surface area contributed by atoms with Crippen LogP contribution in [-0.2, 0) is 6.54 Å². The van der Waals surface area contributed by atoms with Gasteiger partial charge in [-0.1, -0.05) is 0 Å². The van der Waals surface area contributed by atoms with Gasteiger partial charge in [0.1, 0.15) is 5.56 Å². The molecule has 0 atom stereocenters. The van der Waals surface area contributed by atoms with Crippen LogP contribution in [0.5, 0.6) is 11.5 Å². The molecule has 6 nitrogen and oxygen atoms in total. The Hall–Kier alpha value is -2.50. The molecular formula is C16H19NO5. The summed E-state index contributed by atoms with van der Waals surface area (Å²) in [6.45, 7) is 7.00. The van der Waals surface area contributed by atoms with Crippen LogP contribution in [0.15, 0.2) is 23.1 Å². The van der Waals surface area contributed by atoms with E-state index in [4.69, 9.17) is 9.47 Å². The Kier molecular flexibility index (Phi) is 4.70. The van der Waals surface area contributed by atoms with Crippen LogP contribution < -0.4 is 14.9 Å². The fourth-order valence-corrected chi connectivity index (χ4v) is 2.35. The van der Waals surface area contributed by atoms with E-state index in [2.05, 4.69) is 0 Å². The summed E-state index contributed by atoms with van der Waals surface area (Å²) in [5.74, 6) is -0.249. The molecule has 0 aliphatic rings. The number of fused-ring (bicyclic) bond motifs is 1. The number of hydrogen-bond donors (Lipinski definition) is 1. The van der Waals surface area contributed by atoms with Crippen LogP contribution in [0.3, 0.4) is 0 Å². The van der Waals surface area contributed by atoms with Crippen LogP contribution in [0.25, 0.3) is 10.9 Å². The largest absolute Gasteiger partial charge is 0.490 e. The minimum Gasteiger partial charge on any atom is -0.490 e. The van der Waals surface area contributed by atoms with Gasteiger partial charge < -0.3 is 19.1 Å². The first-order valence-corrected chi connectivity index (χ1v) is 7.23. The SMILES string of the molecule is CCOc1cc2c(=O)c(C(=O)O)cn(CC)c2cc1OCC. The maximum atomic E-state index is 12.4. The van der Waals surface area contributed by atoms with Crippen LogP contribution in [0, 0.1) is 0 Å². The Bertz CT molecular complexity index is 763. The molecule has 22 heavy (non-hydrogen) atoms. The lowest BCUT2D eigenvalue weighted by Gasteiger charge is -2.15. The highest BCUT2D eigenvalue weighted by atomic mass is 16.5. The fourth-order valence-electron chi connectivity index (χ4n) is 2.35. The van der Waals surface area contributed by atoms with E-state index in [0.717, 1.165) is 0 Å². The van der Waals surface area contributed by atoms with Crippen molar-refractivity contribution in [3.05, 3.63) is 34.1 Å². The molecule has 0 fully saturated rings. The molecule has 2 aromatic rings. The van der Waals surface area contributed by atoms with Gasteiger partial charge in [0, 0.05) is 18.8 Å². The second-order valence-corrected chi connectivity index (χ2v) is 4.65. The topological polar surface area (TPSA) is 77.8 Å². The van der Waals surface area contributed by atoms with Crippen LogP contribution in [-0.4, -0.2) is 28.9 Å². The molecule has 2 rings (SSSR count). The van der Waals surface area contributed by atoms with E-state index in [1.807, 2.05) is 20.8 Å². The quantitative estimate of drug-likeness (QED) is 0.887. The highest BCUT2D eigenvalue weighted by Crippen LogP contribution is 2.31. The Labute approximate surface area is 127 Å². The molecule has 1 heterocycles. The molecular weight excluding hydrogens is 286 g/mol. The second-order valence-electron chi connectivity index (χ2n) is 4.65. The third-order valence-corrected chi connectivity index (χ3v) is 3.32. The monoisotopic (exact) mass is 305 g/mol. The summed E-state index contributed by atoms with van der Waals surface area (Å²) in [4.78, 5) is 23.6. The van der Waals surface area contributed by atoms with E-state index >= 15 is 0 Å². The molecule has 0 radical (unpaired) electrons. The van der Waals surface area contributed by atoms with E-state index in [-0.39, 0.29) is 5.56 Å². The van der Waals surface area contributed by atoms with Crippen molar-refractivity contribution in [1.29, 1.82) is 0 Å². The number of pyridine rings is 1. The van der Waals surface area contributed by atoms with Crippen molar-refractivity contribution >= 4 is 16.9 Å². The highest BCUT2D eigenvalue weighted by molar-refractivity contribution is 5.93. The number of aromatic carboxylic acids is 1. The first-order valence-electron chi connectivity index (χ1n) is 7.23. The third kappa shape index (κ3) is 2.77. The number of carboxylic acids is 1. The van der Waals surface area contributed by atoms with E-state index in [9.17, 15) is 14.7 Å². The number of aromatic nitrogens is 1. The van der Waals surface area contributed by atoms with Gasteiger partial charge in [0.15, 0.2) is 11.5 Å². The Morgan fingerprint density at radius 2 is 1.73 bits per heavy atom. The van der Waals surface area contributed by atoms with Gasteiger partial charge in [-0.05, 0) is 26.8 Å². The first kappa shape index (κ1) is 15.9. The molecule has 0 aliphatic carbocycles. The van der Waals surface area contributed by atoms with Crippen molar-refractivity contribution in [2.45, 2.75) is 27.3 Å². The van der Waals surface area contributed by atoms with Gasteiger partial charge in [-0.15, -0.1) is 0 Å². The number of carboxylic acid groups (broad SMARTS) is 1. The molecule has 0 unspecified atom stereocenters. The zero-order valence-corrected chi connectivity index (χ0v) is 12.9. The summed E-state index contributed by atoms with van der Waals surface area (Å²) < 4.78 is 12.8. The number of hydrogen-bond acceptors (Lipinski definition) is 4. The van der Waals surface area contributed by atoms with E-state index < -0.39 is 11.4 Å². The van der Waals surface area contributed by atoms with Gasteiger partial charge in [-0.3, -0.25) is 4.79 Å². The summed E-state index contributed by atoms with van der Waals surface area (Å²) >= 11 is 0. The predicted molar refractivity (Wildman–Crippen MR) is 83.2 cm³/mol. The number of nitrogens with zero attached hydrogens (tertiary/aromatic N) is 1. The Morgan fingerprint density at radius 1 is 1.14 bits per heavy atom. The van der Waals surface area contributed by atoms with Gasteiger partial charge in [-0.2, -0.15) is 0 Å². The highest BCUT2D eigenvalue weighted by Gasteiger charge is 2.17. The maximum absolute atomic E-state index is 12.4. The molecule has 118 valence electrons. The van der Waals surface area contributed by atoms with Crippen LogP contribution in [0.1, 0.15) is 31.1 Å². The average molecular weight is 305 g/mol. The summed E-state index contributed by atoms with van der Waals surface area (Å²) in [6.07, 6.45) is 1.36. The summed E-state index contributed by atoms with van der Waals surface area (Å²) in [6, 6.07) is 3.28. The smallest absolute Gasteiger partial charge is 0.341 e. The number of ether oxygens (including phenoxy) is 2. The number of aryl methyl sites for hydroxylation is 1. The number of benzene rings is 1. The molecule has 1 aromatic carbocycles. The van der Waals surface area contributed by atoms with Gasteiger partial charge in [0.2, 0.25) is 5.43 Å². The van der Waals surface area contributed by atoms with Crippen molar-refractivity contribution in [2.24, 2.45) is 0 Å². The first-order chi connectivity index (χ1) is 10.5. The average Bonchev–Trinajstić information content (AvgIpc) is 2.49. The standard InChI is InChI=1S/C16H19NO5/c1-4-17-9-11(16(19)20)15(18)10-7-13(21-5-2)14(22-6-3)8-12(10)17/h7-9H,4-6H2,1-3H3,(H,19,20). The van der Waals surface area contributed by atoms with E-state index in [1.54, 1.807) is 16.7 Å². The molecule has 0 saturated heterocycles. The summed E-state index contributed by atoms with van der Waals surface area (Å²) in [5, 5.41) is 9.50. The molecule has 0 saturated carbocycles. The zero-order valence-electron chi connectivity index (χ0n) is 12.9.